The van der Waals surface area contributed by atoms with Crippen LogP contribution in [0.1, 0.15) is 31.4 Å². The molecule has 110 valence electrons. The molecule has 21 heavy (non-hydrogen) atoms. The molecule has 0 saturated carbocycles. The summed E-state index contributed by atoms with van der Waals surface area (Å²) in [5.74, 6) is 0.141. The summed E-state index contributed by atoms with van der Waals surface area (Å²) in [4.78, 5) is 13.9. The number of likely N-dealkylation sites (tertiary alicyclic amines) is 1. The SMILES string of the molecule is CCCN1C(=O)CC(N)C1c1cnn(-c2ccccc2)c1. The van der Waals surface area contributed by atoms with Crippen LogP contribution in [-0.4, -0.2) is 33.2 Å². The van der Waals surface area contributed by atoms with E-state index >= 15 is 0 Å². The van der Waals surface area contributed by atoms with Gasteiger partial charge in [0.25, 0.3) is 0 Å². The first-order chi connectivity index (χ1) is 10.2. The van der Waals surface area contributed by atoms with Crippen LogP contribution in [0.4, 0.5) is 0 Å². The number of carbonyl (C=O) groups excluding carboxylic acids is 1. The third-order valence-electron chi connectivity index (χ3n) is 3.90. The van der Waals surface area contributed by atoms with E-state index in [4.69, 9.17) is 5.73 Å². The number of aromatic nitrogens is 2. The van der Waals surface area contributed by atoms with Crippen LogP contribution in [0.5, 0.6) is 0 Å². The Morgan fingerprint density at radius 2 is 2.10 bits per heavy atom. The minimum atomic E-state index is -0.155. The minimum Gasteiger partial charge on any atom is -0.334 e. The molecule has 5 heteroatoms. The number of hydrogen-bond acceptors (Lipinski definition) is 3. The molecule has 1 fully saturated rings. The largest absolute Gasteiger partial charge is 0.334 e. The van der Waals surface area contributed by atoms with Crippen molar-refractivity contribution in [2.75, 3.05) is 6.54 Å². The van der Waals surface area contributed by atoms with Crippen LogP contribution in [0.3, 0.4) is 0 Å². The minimum absolute atomic E-state index is 0.0603. The summed E-state index contributed by atoms with van der Waals surface area (Å²) in [7, 11) is 0. The number of para-hydroxylation sites is 1. The van der Waals surface area contributed by atoms with Gasteiger partial charge in [-0.05, 0) is 18.6 Å². The molecular formula is C16H20N4O. The summed E-state index contributed by atoms with van der Waals surface area (Å²) < 4.78 is 1.83. The highest BCUT2D eigenvalue weighted by Gasteiger charge is 2.38. The lowest BCUT2D eigenvalue weighted by Gasteiger charge is -2.25. The van der Waals surface area contributed by atoms with Crippen LogP contribution in [-0.2, 0) is 4.79 Å². The van der Waals surface area contributed by atoms with E-state index in [1.807, 2.05) is 52.3 Å². The van der Waals surface area contributed by atoms with Gasteiger partial charge in [-0.2, -0.15) is 5.10 Å². The Kier molecular flexibility index (Phi) is 3.75. The monoisotopic (exact) mass is 284 g/mol. The van der Waals surface area contributed by atoms with Crippen molar-refractivity contribution in [2.45, 2.75) is 31.8 Å². The molecule has 2 unspecified atom stereocenters. The highest BCUT2D eigenvalue weighted by molar-refractivity contribution is 5.80. The Hall–Kier alpha value is -2.14. The van der Waals surface area contributed by atoms with Gasteiger partial charge in [0, 0.05) is 30.8 Å². The lowest BCUT2D eigenvalue weighted by Crippen LogP contribution is -2.33. The maximum absolute atomic E-state index is 12.1. The molecule has 2 heterocycles. The second-order valence-corrected chi connectivity index (χ2v) is 5.45. The number of benzene rings is 1. The average Bonchev–Trinajstić information content (AvgIpc) is 3.06. The van der Waals surface area contributed by atoms with E-state index in [1.54, 1.807) is 0 Å². The van der Waals surface area contributed by atoms with E-state index in [1.165, 1.54) is 0 Å². The molecule has 2 atom stereocenters. The third kappa shape index (κ3) is 2.56. The number of hydrogen-bond donors (Lipinski definition) is 1. The zero-order chi connectivity index (χ0) is 14.8. The first-order valence-electron chi connectivity index (χ1n) is 7.35. The van der Waals surface area contributed by atoms with Crippen molar-refractivity contribution in [3.05, 3.63) is 48.3 Å². The molecule has 0 radical (unpaired) electrons. The fourth-order valence-electron chi connectivity index (χ4n) is 2.96. The Labute approximate surface area is 124 Å². The van der Waals surface area contributed by atoms with Crippen molar-refractivity contribution in [3.63, 3.8) is 0 Å². The van der Waals surface area contributed by atoms with Gasteiger partial charge in [-0.15, -0.1) is 0 Å². The quantitative estimate of drug-likeness (QED) is 0.932. The number of rotatable bonds is 4. The van der Waals surface area contributed by atoms with Crippen LogP contribution < -0.4 is 5.73 Å². The van der Waals surface area contributed by atoms with Gasteiger partial charge in [0.05, 0.1) is 17.9 Å². The molecule has 1 aromatic heterocycles. The lowest BCUT2D eigenvalue weighted by molar-refractivity contribution is -0.129. The van der Waals surface area contributed by atoms with Crippen molar-refractivity contribution >= 4 is 5.91 Å². The van der Waals surface area contributed by atoms with Gasteiger partial charge in [-0.3, -0.25) is 4.79 Å². The number of nitrogens with two attached hydrogens (primary N) is 1. The average molecular weight is 284 g/mol. The first-order valence-corrected chi connectivity index (χ1v) is 7.35. The summed E-state index contributed by atoms with van der Waals surface area (Å²) >= 11 is 0. The number of nitrogens with zero attached hydrogens (tertiary/aromatic N) is 3. The maximum atomic E-state index is 12.1. The Bertz CT molecular complexity index is 622. The summed E-state index contributed by atoms with van der Waals surface area (Å²) in [6.07, 6.45) is 5.14. The fraction of sp³-hybridized carbons (Fsp3) is 0.375. The van der Waals surface area contributed by atoms with E-state index in [-0.39, 0.29) is 18.0 Å². The molecule has 2 aromatic rings. The van der Waals surface area contributed by atoms with Crippen LogP contribution in [0, 0.1) is 0 Å². The molecule has 0 aliphatic carbocycles. The smallest absolute Gasteiger partial charge is 0.224 e. The zero-order valence-electron chi connectivity index (χ0n) is 12.1. The van der Waals surface area contributed by atoms with E-state index in [9.17, 15) is 4.79 Å². The number of amides is 1. The highest BCUT2D eigenvalue weighted by atomic mass is 16.2. The van der Waals surface area contributed by atoms with Crippen molar-refractivity contribution in [2.24, 2.45) is 5.73 Å². The van der Waals surface area contributed by atoms with Gasteiger partial charge in [0.1, 0.15) is 0 Å². The van der Waals surface area contributed by atoms with Crippen molar-refractivity contribution < 1.29 is 4.79 Å². The van der Waals surface area contributed by atoms with E-state index in [0.29, 0.717) is 6.42 Å². The molecule has 1 aromatic carbocycles. The van der Waals surface area contributed by atoms with Crippen molar-refractivity contribution in [1.82, 2.24) is 14.7 Å². The first kappa shape index (κ1) is 13.8. The van der Waals surface area contributed by atoms with Crippen LogP contribution in [0.25, 0.3) is 5.69 Å². The lowest BCUT2D eigenvalue weighted by atomic mass is 10.0. The Balaban J connectivity index is 1.90. The molecule has 1 aliphatic rings. The molecule has 1 saturated heterocycles. The van der Waals surface area contributed by atoms with Gasteiger partial charge in [-0.1, -0.05) is 25.1 Å². The topological polar surface area (TPSA) is 64.2 Å². The van der Waals surface area contributed by atoms with Crippen LogP contribution in [0.15, 0.2) is 42.7 Å². The van der Waals surface area contributed by atoms with Crippen molar-refractivity contribution in [3.8, 4) is 5.69 Å². The normalized spacial score (nSPS) is 22.0. The molecule has 0 spiro atoms. The standard InChI is InChI=1S/C16H20N4O/c1-2-8-19-15(21)9-14(17)16(19)12-10-18-20(11-12)13-6-4-3-5-7-13/h3-7,10-11,14,16H,2,8-9,17H2,1H3. The highest BCUT2D eigenvalue weighted by Crippen LogP contribution is 2.32. The summed E-state index contributed by atoms with van der Waals surface area (Å²) in [6.45, 7) is 2.81. The second-order valence-electron chi connectivity index (χ2n) is 5.45. The summed E-state index contributed by atoms with van der Waals surface area (Å²) in [5, 5.41) is 4.41. The second kappa shape index (κ2) is 5.69. The van der Waals surface area contributed by atoms with E-state index in [0.717, 1.165) is 24.2 Å². The van der Waals surface area contributed by atoms with Gasteiger partial charge in [-0.25, -0.2) is 4.68 Å². The van der Waals surface area contributed by atoms with Crippen LogP contribution in [0.2, 0.25) is 0 Å². The molecule has 1 aliphatic heterocycles. The van der Waals surface area contributed by atoms with Gasteiger partial charge >= 0.3 is 0 Å². The number of carbonyl (C=O) groups is 1. The van der Waals surface area contributed by atoms with Crippen LogP contribution >= 0.6 is 0 Å². The summed E-state index contributed by atoms with van der Waals surface area (Å²) in [5.41, 5.74) is 8.18. The molecule has 1 amide bonds. The molecule has 3 rings (SSSR count). The van der Waals surface area contributed by atoms with Gasteiger partial charge in [0.15, 0.2) is 0 Å². The van der Waals surface area contributed by atoms with E-state index in [2.05, 4.69) is 12.0 Å². The Morgan fingerprint density at radius 3 is 2.81 bits per heavy atom. The molecule has 2 N–H and O–H groups in total. The molecule has 5 nitrogen and oxygen atoms in total. The molecule has 0 bridgehead atoms. The third-order valence-corrected chi connectivity index (χ3v) is 3.90. The van der Waals surface area contributed by atoms with Crippen molar-refractivity contribution in [1.29, 1.82) is 0 Å². The predicted molar refractivity (Wildman–Crippen MR) is 80.9 cm³/mol. The van der Waals surface area contributed by atoms with Gasteiger partial charge < -0.3 is 10.6 Å². The molecular weight excluding hydrogens is 264 g/mol. The van der Waals surface area contributed by atoms with Gasteiger partial charge in [0.2, 0.25) is 5.91 Å². The fourth-order valence-corrected chi connectivity index (χ4v) is 2.96. The Morgan fingerprint density at radius 1 is 1.33 bits per heavy atom. The predicted octanol–water partition coefficient (Wildman–Crippen LogP) is 1.88. The summed E-state index contributed by atoms with van der Waals surface area (Å²) in [6, 6.07) is 9.71. The van der Waals surface area contributed by atoms with E-state index < -0.39 is 0 Å². The zero-order valence-corrected chi connectivity index (χ0v) is 12.1. The maximum Gasteiger partial charge on any atom is 0.224 e.